The van der Waals surface area contributed by atoms with Crippen molar-refractivity contribution in [2.75, 3.05) is 7.11 Å². The first-order chi connectivity index (χ1) is 16.2. The number of rotatable bonds is 2. The quantitative estimate of drug-likeness (QED) is 0.475. The van der Waals surface area contributed by atoms with Gasteiger partial charge in [0.2, 0.25) is 0 Å². The minimum Gasteiger partial charge on any atom is -0.393 e. The predicted molar refractivity (Wildman–Crippen MR) is 126 cm³/mol. The molecule has 2 nitrogen and oxygen atoms in total. The average molecular weight is 475 g/mol. The molecule has 4 aliphatic carbocycles. The van der Waals surface area contributed by atoms with Crippen LogP contribution in [0, 0.1) is 46.3 Å². The fraction of sp³-hybridized carbons (Fsp3) is 0.724. The van der Waals surface area contributed by atoms with Crippen molar-refractivity contribution in [1.82, 2.24) is 0 Å². The summed E-state index contributed by atoms with van der Waals surface area (Å²) in [5.41, 5.74) is 0.386. The van der Waals surface area contributed by atoms with Crippen LogP contribution >= 0.6 is 0 Å². The van der Waals surface area contributed by atoms with Crippen molar-refractivity contribution in [3.63, 3.8) is 0 Å². The van der Waals surface area contributed by atoms with E-state index in [1.165, 1.54) is 37.8 Å². The normalized spacial score (nSPS) is 41.6. The number of hydrogen-bond donors (Lipinski definition) is 1. The first-order valence-electron chi connectivity index (χ1n) is 13.0. The molecule has 1 aromatic carbocycles. The molecule has 0 heterocycles. The zero-order chi connectivity index (χ0) is 24.1. The van der Waals surface area contributed by atoms with Crippen LogP contribution in [-0.2, 0) is 10.9 Å². The Morgan fingerprint density at radius 3 is 2.47 bits per heavy atom. The Morgan fingerprint density at radius 2 is 1.76 bits per heavy atom. The average Bonchev–Trinajstić information content (AvgIpc) is 3.18. The van der Waals surface area contributed by atoms with Gasteiger partial charge in [0.1, 0.15) is 0 Å². The molecule has 0 aliphatic heterocycles. The molecule has 5 heteroatoms. The molecule has 0 bridgehead atoms. The lowest BCUT2D eigenvalue weighted by Crippen LogP contribution is -2.55. The second-order valence-electron chi connectivity index (χ2n) is 11.7. The van der Waals surface area contributed by atoms with Gasteiger partial charge in [-0.3, -0.25) is 0 Å². The van der Waals surface area contributed by atoms with E-state index in [0.29, 0.717) is 28.7 Å². The van der Waals surface area contributed by atoms with Crippen LogP contribution in [0.3, 0.4) is 0 Å². The van der Waals surface area contributed by atoms with Gasteiger partial charge >= 0.3 is 6.18 Å². The summed E-state index contributed by atoms with van der Waals surface area (Å²) in [5.74, 6) is 9.18. The summed E-state index contributed by atoms with van der Waals surface area (Å²) in [6, 6.07) is 5.18. The van der Waals surface area contributed by atoms with Crippen molar-refractivity contribution < 1.29 is 23.0 Å². The molecule has 0 radical (unpaired) electrons. The first kappa shape index (κ1) is 24.2. The highest BCUT2D eigenvalue weighted by molar-refractivity contribution is 5.37. The molecular weight excluding hydrogens is 437 g/mol. The maximum absolute atomic E-state index is 12.9. The van der Waals surface area contributed by atoms with Gasteiger partial charge in [-0.15, -0.1) is 0 Å². The Kier molecular flexibility index (Phi) is 6.30. The summed E-state index contributed by atoms with van der Waals surface area (Å²) in [6.45, 7) is 2.50. The van der Waals surface area contributed by atoms with E-state index in [1.807, 2.05) is 7.11 Å². The van der Waals surface area contributed by atoms with Crippen molar-refractivity contribution in [3.05, 3.63) is 35.4 Å². The fourth-order valence-electron chi connectivity index (χ4n) is 8.74. The lowest BCUT2D eigenvalue weighted by molar-refractivity contribution is -0.141. The fourth-order valence-corrected chi connectivity index (χ4v) is 8.74. The molecule has 4 aliphatic rings. The number of methoxy groups -OCH3 is 1. The third-order valence-electron chi connectivity index (χ3n) is 10.4. The van der Waals surface area contributed by atoms with E-state index >= 15 is 0 Å². The van der Waals surface area contributed by atoms with E-state index in [0.717, 1.165) is 56.6 Å². The third-order valence-corrected chi connectivity index (χ3v) is 10.4. The smallest absolute Gasteiger partial charge is 0.393 e. The highest BCUT2D eigenvalue weighted by Gasteiger charge is 2.61. The van der Waals surface area contributed by atoms with Gasteiger partial charge in [0.25, 0.3) is 0 Å². The molecule has 186 valence electrons. The maximum atomic E-state index is 12.9. The second kappa shape index (κ2) is 8.86. The van der Waals surface area contributed by atoms with E-state index < -0.39 is 11.7 Å². The Bertz CT molecular complexity index is 945. The second-order valence-corrected chi connectivity index (χ2v) is 11.7. The van der Waals surface area contributed by atoms with Crippen LogP contribution in [0.5, 0.6) is 0 Å². The molecule has 4 fully saturated rings. The zero-order valence-electron chi connectivity index (χ0n) is 20.3. The number of fused-ring (bicyclic) bond motifs is 5. The molecule has 0 aromatic heterocycles. The van der Waals surface area contributed by atoms with Gasteiger partial charge in [-0.25, -0.2) is 0 Å². The highest BCUT2D eigenvalue weighted by Crippen LogP contribution is 2.67. The number of halogens is 3. The molecule has 1 aromatic rings. The SMILES string of the molecule is CO[C@H]1CC[C@H]2[C@@H]3CC[C@@H]4C[C@H](O)CC[C@]4(C)[C@H]3CC[C@]12CC#Cc1ccc(C(F)(F)F)cc1. The molecule has 34 heavy (non-hydrogen) atoms. The van der Waals surface area contributed by atoms with Gasteiger partial charge in [0, 0.05) is 24.5 Å². The van der Waals surface area contributed by atoms with Crippen molar-refractivity contribution in [3.8, 4) is 11.8 Å². The van der Waals surface area contributed by atoms with Crippen LogP contribution < -0.4 is 0 Å². The molecule has 1 N–H and O–H groups in total. The Morgan fingerprint density at radius 1 is 1.00 bits per heavy atom. The zero-order valence-corrected chi connectivity index (χ0v) is 20.3. The number of aliphatic hydroxyl groups is 1. The molecule has 0 saturated heterocycles. The first-order valence-corrected chi connectivity index (χ1v) is 13.0. The van der Waals surface area contributed by atoms with Gasteiger partial charge in [0.15, 0.2) is 0 Å². The summed E-state index contributed by atoms with van der Waals surface area (Å²) in [6.07, 6.45) is 6.59. The minimum atomic E-state index is -4.32. The summed E-state index contributed by atoms with van der Waals surface area (Å²) in [5, 5.41) is 10.3. The van der Waals surface area contributed by atoms with Crippen LogP contribution in [0.25, 0.3) is 0 Å². The summed E-state index contributed by atoms with van der Waals surface area (Å²) in [7, 11) is 1.82. The predicted octanol–water partition coefficient (Wildman–Crippen LogP) is 6.85. The van der Waals surface area contributed by atoms with E-state index in [-0.39, 0.29) is 17.6 Å². The monoisotopic (exact) mass is 474 g/mol. The molecule has 5 rings (SSSR count). The Labute approximate surface area is 201 Å². The number of benzene rings is 1. The van der Waals surface area contributed by atoms with Gasteiger partial charge < -0.3 is 9.84 Å². The summed E-state index contributed by atoms with van der Waals surface area (Å²) in [4.78, 5) is 0. The van der Waals surface area contributed by atoms with Crippen molar-refractivity contribution >= 4 is 0 Å². The van der Waals surface area contributed by atoms with Gasteiger partial charge in [-0.2, -0.15) is 13.2 Å². The van der Waals surface area contributed by atoms with E-state index in [1.54, 1.807) is 0 Å². The summed E-state index contributed by atoms with van der Waals surface area (Å²) < 4.78 is 44.6. The number of ether oxygens (including phenoxy) is 1. The van der Waals surface area contributed by atoms with E-state index in [4.69, 9.17) is 4.74 Å². The lowest BCUT2D eigenvalue weighted by Gasteiger charge is -2.61. The minimum absolute atomic E-state index is 0.0478. The number of aliphatic hydroxyl groups excluding tert-OH is 1. The van der Waals surface area contributed by atoms with Crippen molar-refractivity contribution in [2.24, 2.45) is 34.5 Å². The molecule has 0 unspecified atom stereocenters. The standard InChI is InChI=1S/C29H37F3O2/c1-27-16-13-22(33)18-21(27)9-10-23-24(27)14-17-28(25(23)11-12-26(28)34-2)15-3-4-19-5-7-20(8-6-19)29(30,31)32/h5-8,21-26,33H,9-18H2,1-2H3/t21-,22-,23-,24+,25+,26+,27+,28+/m1/s1. The highest BCUT2D eigenvalue weighted by atomic mass is 19.4. The third kappa shape index (κ3) is 3.99. The number of alkyl halides is 3. The molecule has 8 atom stereocenters. The Hall–Kier alpha value is -1.51. The van der Waals surface area contributed by atoms with E-state index in [9.17, 15) is 18.3 Å². The van der Waals surface area contributed by atoms with Crippen molar-refractivity contribution in [1.29, 1.82) is 0 Å². The maximum Gasteiger partial charge on any atom is 0.416 e. The largest absolute Gasteiger partial charge is 0.416 e. The number of hydrogen-bond acceptors (Lipinski definition) is 2. The van der Waals surface area contributed by atoms with Crippen LogP contribution in [0.2, 0.25) is 0 Å². The molecular formula is C29H37F3O2. The van der Waals surface area contributed by atoms with Crippen molar-refractivity contribution in [2.45, 2.75) is 89.5 Å². The Balaban J connectivity index is 1.37. The lowest BCUT2D eigenvalue weighted by atomic mass is 9.44. The van der Waals surface area contributed by atoms with Crippen LogP contribution in [0.4, 0.5) is 13.2 Å². The van der Waals surface area contributed by atoms with Crippen LogP contribution in [0.15, 0.2) is 24.3 Å². The van der Waals surface area contributed by atoms with Crippen LogP contribution in [-0.4, -0.2) is 24.4 Å². The topological polar surface area (TPSA) is 29.5 Å². The van der Waals surface area contributed by atoms with Crippen LogP contribution in [0.1, 0.15) is 82.3 Å². The molecule has 4 saturated carbocycles. The van der Waals surface area contributed by atoms with E-state index in [2.05, 4.69) is 18.8 Å². The molecule has 0 amide bonds. The molecule has 0 spiro atoms. The van der Waals surface area contributed by atoms with Gasteiger partial charge in [-0.05, 0) is 111 Å². The van der Waals surface area contributed by atoms with Gasteiger partial charge in [0.05, 0.1) is 17.8 Å². The van der Waals surface area contributed by atoms with Gasteiger partial charge in [-0.1, -0.05) is 18.8 Å². The summed E-state index contributed by atoms with van der Waals surface area (Å²) >= 11 is 0.